The fourth-order valence-corrected chi connectivity index (χ4v) is 2.59. The molecule has 0 aliphatic carbocycles. The van der Waals surface area contributed by atoms with Gasteiger partial charge in [-0.1, -0.05) is 18.2 Å². The number of carbonyl (C=O) groups is 2. The largest absolute Gasteiger partial charge is 0.465 e. The highest BCUT2D eigenvalue weighted by Gasteiger charge is 2.30. The summed E-state index contributed by atoms with van der Waals surface area (Å²) in [4.78, 5) is 32.1. The molecule has 9 heteroatoms. The van der Waals surface area contributed by atoms with Gasteiger partial charge in [-0.3, -0.25) is 9.78 Å². The van der Waals surface area contributed by atoms with Gasteiger partial charge in [-0.15, -0.1) is 0 Å². The Bertz CT molecular complexity index is 1050. The molecule has 29 heavy (non-hydrogen) atoms. The first-order valence-corrected chi connectivity index (χ1v) is 8.27. The summed E-state index contributed by atoms with van der Waals surface area (Å²) in [6, 6.07) is 8.97. The van der Waals surface area contributed by atoms with Crippen LogP contribution in [0.5, 0.6) is 0 Å². The topological polar surface area (TPSA) is 81.2 Å². The van der Waals surface area contributed by atoms with Crippen LogP contribution in [0.25, 0.3) is 11.1 Å². The standard InChI is InChI=1S/C20H14F3N3O3/c1-29-19(28)15-10-13(12-3-2-4-14(9-12)20(21,22)23)5-6-16(15)26-18(27)17-11-24-7-8-25-17/h2-11H,1H3,(H,26,27). The van der Waals surface area contributed by atoms with E-state index >= 15 is 0 Å². The van der Waals surface area contributed by atoms with Gasteiger partial charge < -0.3 is 10.1 Å². The Morgan fingerprint density at radius 3 is 2.45 bits per heavy atom. The van der Waals surface area contributed by atoms with Crippen LogP contribution >= 0.6 is 0 Å². The van der Waals surface area contributed by atoms with E-state index in [2.05, 4.69) is 15.3 Å². The number of anilines is 1. The molecule has 0 unspecified atom stereocenters. The van der Waals surface area contributed by atoms with E-state index < -0.39 is 23.6 Å². The van der Waals surface area contributed by atoms with Crippen molar-refractivity contribution < 1.29 is 27.5 Å². The zero-order valence-corrected chi connectivity index (χ0v) is 15.0. The third kappa shape index (κ3) is 4.57. The van der Waals surface area contributed by atoms with Crippen molar-refractivity contribution in [2.24, 2.45) is 0 Å². The summed E-state index contributed by atoms with van der Waals surface area (Å²) in [6.07, 6.45) is -0.497. The van der Waals surface area contributed by atoms with E-state index in [9.17, 15) is 22.8 Å². The van der Waals surface area contributed by atoms with E-state index in [-0.39, 0.29) is 22.5 Å². The van der Waals surface area contributed by atoms with Crippen LogP contribution in [0.2, 0.25) is 0 Å². The summed E-state index contributed by atoms with van der Waals surface area (Å²) in [5, 5.41) is 2.53. The molecule has 1 N–H and O–H groups in total. The van der Waals surface area contributed by atoms with Crippen molar-refractivity contribution in [3.8, 4) is 11.1 Å². The number of methoxy groups -OCH3 is 1. The molecule has 0 bridgehead atoms. The number of hydrogen-bond donors (Lipinski definition) is 1. The monoisotopic (exact) mass is 401 g/mol. The normalized spacial score (nSPS) is 11.0. The molecule has 2 aromatic carbocycles. The lowest BCUT2D eigenvalue weighted by molar-refractivity contribution is -0.137. The molecule has 3 rings (SSSR count). The fourth-order valence-electron chi connectivity index (χ4n) is 2.59. The van der Waals surface area contributed by atoms with E-state index in [1.54, 1.807) is 0 Å². The molecule has 0 atom stereocenters. The molecule has 6 nitrogen and oxygen atoms in total. The lowest BCUT2D eigenvalue weighted by Gasteiger charge is -2.13. The van der Waals surface area contributed by atoms with Crippen molar-refractivity contribution >= 4 is 17.6 Å². The predicted octanol–water partition coefficient (Wildman–Crippen LogP) is 4.20. The minimum atomic E-state index is -4.49. The lowest BCUT2D eigenvalue weighted by atomic mass is 9.99. The van der Waals surface area contributed by atoms with Crippen molar-refractivity contribution in [2.75, 3.05) is 12.4 Å². The number of esters is 1. The van der Waals surface area contributed by atoms with Crippen LogP contribution in [0.4, 0.5) is 18.9 Å². The van der Waals surface area contributed by atoms with Crippen LogP contribution in [-0.4, -0.2) is 29.0 Å². The van der Waals surface area contributed by atoms with E-state index in [0.717, 1.165) is 19.2 Å². The third-order valence-electron chi connectivity index (χ3n) is 3.99. The summed E-state index contributed by atoms with van der Waals surface area (Å²) in [6.45, 7) is 0. The molecule has 3 aromatic rings. The molecule has 0 spiro atoms. The molecule has 0 saturated carbocycles. The maximum atomic E-state index is 13.0. The van der Waals surface area contributed by atoms with Gasteiger partial charge in [0.1, 0.15) is 5.69 Å². The molecule has 0 saturated heterocycles. The van der Waals surface area contributed by atoms with Gasteiger partial charge in [0, 0.05) is 12.4 Å². The number of amides is 1. The number of hydrogen-bond acceptors (Lipinski definition) is 5. The number of aromatic nitrogens is 2. The quantitative estimate of drug-likeness (QED) is 0.663. The number of ether oxygens (including phenoxy) is 1. The SMILES string of the molecule is COC(=O)c1cc(-c2cccc(C(F)(F)F)c2)ccc1NC(=O)c1cnccn1. The van der Waals surface area contributed by atoms with E-state index in [1.807, 2.05) is 0 Å². The van der Waals surface area contributed by atoms with Crippen LogP contribution in [-0.2, 0) is 10.9 Å². The maximum absolute atomic E-state index is 13.0. The molecule has 1 amide bonds. The highest BCUT2D eigenvalue weighted by atomic mass is 19.4. The Labute approximate surface area is 163 Å². The van der Waals surface area contributed by atoms with Gasteiger partial charge in [-0.25, -0.2) is 9.78 Å². The zero-order valence-electron chi connectivity index (χ0n) is 15.0. The first-order valence-electron chi connectivity index (χ1n) is 8.27. The first kappa shape index (κ1) is 20.0. The summed E-state index contributed by atoms with van der Waals surface area (Å²) in [7, 11) is 1.16. The predicted molar refractivity (Wildman–Crippen MR) is 98.2 cm³/mol. The van der Waals surface area contributed by atoms with Crippen LogP contribution in [0, 0.1) is 0 Å². The molecule has 148 valence electrons. The van der Waals surface area contributed by atoms with Gasteiger partial charge in [-0.2, -0.15) is 13.2 Å². The summed E-state index contributed by atoms with van der Waals surface area (Å²) in [5.74, 6) is -1.36. The van der Waals surface area contributed by atoms with Gasteiger partial charge in [-0.05, 0) is 35.4 Å². The Balaban J connectivity index is 1.99. The molecule has 0 radical (unpaired) electrons. The second kappa shape index (κ2) is 8.09. The summed E-state index contributed by atoms with van der Waals surface area (Å²) >= 11 is 0. The van der Waals surface area contributed by atoms with Gasteiger partial charge in [0.15, 0.2) is 0 Å². The molecule has 0 aliphatic heterocycles. The summed E-state index contributed by atoms with van der Waals surface area (Å²) < 4.78 is 43.7. The van der Waals surface area contributed by atoms with Crippen molar-refractivity contribution in [1.29, 1.82) is 0 Å². The molecule has 0 fully saturated rings. The van der Waals surface area contributed by atoms with E-state index in [4.69, 9.17) is 4.74 Å². The number of rotatable bonds is 4. The van der Waals surface area contributed by atoms with Crippen molar-refractivity contribution in [3.63, 3.8) is 0 Å². The van der Waals surface area contributed by atoms with Crippen molar-refractivity contribution in [2.45, 2.75) is 6.18 Å². The van der Waals surface area contributed by atoms with Crippen LogP contribution in [0.15, 0.2) is 61.1 Å². The molecule has 1 aromatic heterocycles. The Kier molecular flexibility index (Phi) is 5.58. The smallest absolute Gasteiger partial charge is 0.416 e. The zero-order chi connectivity index (χ0) is 21.0. The number of halogens is 3. The Morgan fingerprint density at radius 1 is 1.03 bits per heavy atom. The van der Waals surface area contributed by atoms with Gasteiger partial charge in [0.2, 0.25) is 0 Å². The van der Waals surface area contributed by atoms with E-state index in [1.165, 1.54) is 48.9 Å². The second-order valence-electron chi connectivity index (χ2n) is 5.88. The fraction of sp³-hybridized carbons (Fsp3) is 0.100. The molecular formula is C20H14F3N3O3. The Morgan fingerprint density at radius 2 is 1.79 bits per heavy atom. The second-order valence-corrected chi connectivity index (χ2v) is 5.88. The highest BCUT2D eigenvalue weighted by molar-refractivity contribution is 6.07. The lowest BCUT2D eigenvalue weighted by Crippen LogP contribution is -2.16. The minimum absolute atomic E-state index is 0.0142. The van der Waals surface area contributed by atoms with Gasteiger partial charge >= 0.3 is 12.1 Å². The average molecular weight is 401 g/mol. The first-order chi connectivity index (χ1) is 13.8. The molecule has 0 aliphatic rings. The van der Waals surface area contributed by atoms with Crippen molar-refractivity contribution in [1.82, 2.24) is 9.97 Å². The maximum Gasteiger partial charge on any atom is 0.416 e. The average Bonchev–Trinajstić information content (AvgIpc) is 2.73. The number of alkyl halides is 3. The van der Waals surface area contributed by atoms with Crippen LogP contribution in [0.1, 0.15) is 26.4 Å². The molecular weight excluding hydrogens is 387 g/mol. The number of nitrogens with zero attached hydrogens (tertiary/aromatic N) is 2. The van der Waals surface area contributed by atoms with Gasteiger partial charge in [0.05, 0.1) is 30.1 Å². The van der Waals surface area contributed by atoms with E-state index in [0.29, 0.717) is 5.56 Å². The third-order valence-corrected chi connectivity index (χ3v) is 3.99. The Hall–Kier alpha value is -3.75. The van der Waals surface area contributed by atoms with Gasteiger partial charge in [0.25, 0.3) is 5.91 Å². The number of carbonyl (C=O) groups excluding carboxylic acids is 2. The van der Waals surface area contributed by atoms with Crippen LogP contribution < -0.4 is 5.32 Å². The highest BCUT2D eigenvalue weighted by Crippen LogP contribution is 2.33. The number of benzene rings is 2. The molecule has 1 heterocycles. The van der Waals surface area contributed by atoms with Crippen LogP contribution in [0.3, 0.4) is 0 Å². The van der Waals surface area contributed by atoms with Crippen molar-refractivity contribution in [3.05, 3.63) is 77.9 Å². The summed E-state index contributed by atoms with van der Waals surface area (Å²) in [5.41, 5.74) is -0.0476. The number of nitrogens with one attached hydrogen (secondary N) is 1. The minimum Gasteiger partial charge on any atom is -0.465 e.